The molecule has 1 aromatic carbocycles. The third-order valence-corrected chi connectivity index (χ3v) is 4.53. The van der Waals surface area contributed by atoms with E-state index in [4.69, 9.17) is 10.2 Å². The summed E-state index contributed by atoms with van der Waals surface area (Å²) in [5.74, 6) is 1.08. The van der Waals surface area contributed by atoms with Gasteiger partial charge in [0, 0.05) is 10.6 Å². The predicted molar refractivity (Wildman–Crippen MR) is 78.5 cm³/mol. The molecule has 21 heavy (non-hydrogen) atoms. The largest absolute Gasteiger partial charge is 0.455 e. The molecule has 1 amide bonds. The molecule has 1 aliphatic heterocycles. The van der Waals surface area contributed by atoms with Gasteiger partial charge in [0.15, 0.2) is 5.76 Å². The lowest BCUT2D eigenvalue weighted by molar-refractivity contribution is 0.0905. The Hall–Kier alpha value is -1.79. The van der Waals surface area contributed by atoms with Crippen molar-refractivity contribution in [3.63, 3.8) is 0 Å². The van der Waals surface area contributed by atoms with Crippen LogP contribution in [0.15, 0.2) is 39.6 Å². The van der Waals surface area contributed by atoms with Gasteiger partial charge in [-0.2, -0.15) is 0 Å². The van der Waals surface area contributed by atoms with Gasteiger partial charge in [0.25, 0.3) is 5.91 Å². The maximum atomic E-state index is 13.4. The first-order chi connectivity index (χ1) is 10.2. The van der Waals surface area contributed by atoms with Crippen LogP contribution in [0.2, 0.25) is 0 Å². The molecule has 0 saturated heterocycles. The van der Waals surface area contributed by atoms with Crippen LogP contribution in [-0.2, 0) is 6.54 Å². The standard InChI is InChI=1S/C15H15FN2O2S/c16-9-1-4-14-11(7-9)12(5-6-21-14)18-15(19)13-3-2-10(8-17)20-13/h1-4,7,12H,5-6,8,17H2,(H,18,19). The minimum absolute atomic E-state index is 0.198. The third-order valence-electron chi connectivity index (χ3n) is 3.40. The minimum Gasteiger partial charge on any atom is -0.455 e. The molecular formula is C15H15FN2O2S. The lowest BCUT2D eigenvalue weighted by Gasteiger charge is -2.25. The Labute approximate surface area is 125 Å². The van der Waals surface area contributed by atoms with E-state index in [0.717, 1.165) is 22.6 Å². The summed E-state index contributed by atoms with van der Waals surface area (Å²) in [4.78, 5) is 13.2. The van der Waals surface area contributed by atoms with Crippen molar-refractivity contribution in [2.24, 2.45) is 5.73 Å². The fourth-order valence-corrected chi connectivity index (χ4v) is 3.46. The van der Waals surface area contributed by atoms with E-state index in [-0.39, 0.29) is 30.1 Å². The highest BCUT2D eigenvalue weighted by molar-refractivity contribution is 7.99. The summed E-state index contributed by atoms with van der Waals surface area (Å²) in [5.41, 5.74) is 6.28. The molecule has 1 aromatic heterocycles. The zero-order chi connectivity index (χ0) is 14.8. The van der Waals surface area contributed by atoms with Crippen molar-refractivity contribution < 1.29 is 13.6 Å². The van der Waals surface area contributed by atoms with E-state index >= 15 is 0 Å². The molecule has 0 spiro atoms. The SMILES string of the molecule is NCc1ccc(C(=O)NC2CCSc3ccc(F)cc32)o1. The summed E-state index contributed by atoms with van der Waals surface area (Å²) < 4.78 is 18.8. The number of nitrogens with one attached hydrogen (secondary N) is 1. The van der Waals surface area contributed by atoms with Gasteiger partial charge in [-0.05, 0) is 42.3 Å². The number of amides is 1. The summed E-state index contributed by atoms with van der Waals surface area (Å²) in [7, 11) is 0. The fraction of sp³-hybridized carbons (Fsp3) is 0.267. The summed E-state index contributed by atoms with van der Waals surface area (Å²) in [6.45, 7) is 0.251. The first kappa shape index (κ1) is 14.2. The molecule has 4 nitrogen and oxygen atoms in total. The van der Waals surface area contributed by atoms with Gasteiger partial charge in [-0.3, -0.25) is 4.79 Å². The molecule has 0 bridgehead atoms. The number of fused-ring (bicyclic) bond motifs is 1. The molecule has 0 saturated carbocycles. The summed E-state index contributed by atoms with van der Waals surface area (Å²) in [6, 6.07) is 7.76. The van der Waals surface area contributed by atoms with Gasteiger partial charge in [-0.25, -0.2) is 4.39 Å². The molecule has 0 radical (unpaired) electrons. The van der Waals surface area contributed by atoms with Gasteiger partial charge < -0.3 is 15.5 Å². The van der Waals surface area contributed by atoms with E-state index in [1.807, 2.05) is 0 Å². The van der Waals surface area contributed by atoms with Gasteiger partial charge >= 0.3 is 0 Å². The molecule has 2 heterocycles. The van der Waals surface area contributed by atoms with E-state index in [1.54, 1.807) is 30.0 Å². The molecule has 110 valence electrons. The van der Waals surface area contributed by atoms with Crippen LogP contribution >= 0.6 is 11.8 Å². The van der Waals surface area contributed by atoms with Gasteiger partial charge in [0.2, 0.25) is 0 Å². The van der Waals surface area contributed by atoms with Crippen LogP contribution in [0.3, 0.4) is 0 Å². The Morgan fingerprint density at radius 1 is 1.43 bits per heavy atom. The Morgan fingerprint density at radius 3 is 3.05 bits per heavy atom. The second-order valence-electron chi connectivity index (χ2n) is 4.82. The summed E-state index contributed by atoms with van der Waals surface area (Å²) in [5, 5.41) is 2.90. The predicted octanol–water partition coefficient (Wildman–Crippen LogP) is 2.84. The molecule has 1 atom stereocenters. The first-order valence-electron chi connectivity index (χ1n) is 6.69. The zero-order valence-corrected chi connectivity index (χ0v) is 12.1. The lowest BCUT2D eigenvalue weighted by atomic mass is 10.0. The number of carbonyl (C=O) groups excluding carboxylic acids is 1. The summed E-state index contributed by atoms with van der Waals surface area (Å²) in [6.07, 6.45) is 0.761. The number of nitrogens with two attached hydrogens (primary N) is 1. The Morgan fingerprint density at radius 2 is 2.29 bits per heavy atom. The highest BCUT2D eigenvalue weighted by Gasteiger charge is 2.24. The molecular weight excluding hydrogens is 291 g/mol. The maximum Gasteiger partial charge on any atom is 0.287 e. The van der Waals surface area contributed by atoms with Crippen molar-refractivity contribution in [3.8, 4) is 0 Å². The molecule has 6 heteroatoms. The fourth-order valence-electron chi connectivity index (χ4n) is 2.35. The van der Waals surface area contributed by atoms with E-state index in [0.29, 0.717) is 5.76 Å². The Balaban J connectivity index is 1.80. The van der Waals surface area contributed by atoms with Crippen molar-refractivity contribution in [1.82, 2.24) is 5.32 Å². The van der Waals surface area contributed by atoms with Crippen LogP contribution < -0.4 is 11.1 Å². The van der Waals surface area contributed by atoms with Crippen molar-refractivity contribution in [2.45, 2.75) is 23.9 Å². The van der Waals surface area contributed by atoms with Crippen LogP contribution in [0.5, 0.6) is 0 Å². The lowest BCUT2D eigenvalue weighted by Crippen LogP contribution is -2.30. The molecule has 2 aromatic rings. The maximum absolute atomic E-state index is 13.4. The highest BCUT2D eigenvalue weighted by atomic mass is 32.2. The average Bonchev–Trinajstić information content (AvgIpc) is 2.97. The van der Waals surface area contributed by atoms with E-state index in [1.165, 1.54) is 12.1 Å². The van der Waals surface area contributed by atoms with Gasteiger partial charge in [-0.15, -0.1) is 11.8 Å². The molecule has 3 rings (SSSR count). The minimum atomic E-state index is -0.304. The first-order valence-corrected chi connectivity index (χ1v) is 7.68. The van der Waals surface area contributed by atoms with Crippen molar-refractivity contribution in [2.75, 3.05) is 5.75 Å². The number of hydrogen-bond acceptors (Lipinski definition) is 4. The molecule has 1 aliphatic rings. The monoisotopic (exact) mass is 306 g/mol. The number of halogens is 1. The second-order valence-corrected chi connectivity index (χ2v) is 5.95. The van der Waals surface area contributed by atoms with Crippen LogP contribution in [0.1, 0.15) is 34.3 Å². The Bertz CT molecular complexity index is 671. The number of rotatable bonds is 3. The van der Waals surface area contributed by atoms with Gasteiger partial charge in [-0.1, -0.05) is 0 Å². The average molecular weight is 306 g/mol. The van der Waals surface area contributed by atoms with E-state index < -0.39 is 0 Å². The number of thioether (sulfide) groups is 1. The van der Waals surface area contributed by atoms with Crippen molar-refractivity contribution in [3.05, 3.63) is 53.2 Å². The van der Waals surface area contributed by atoms with Crippen LogP contribution in [0, 0.1) is 5.82 Å². The number of furan rings is 1. The topological polar surface area (TPSA) is 68.3 Å². The number of carbonyl (C=O) groups is 1. The number of hydrogen-bond donors (Lipinski definition) is 2. The van der Waals surface area contributed by atoms with Gasteiger partial charge in [0.05, 0.1) is 12.6 Å². The van der Waals surface area contributed by atoms with Crippen LogP contribution in [-0.4, -0.2) is 11.7 Å². The van der Waals surface area contributed by atoms with Crippen molar-refractivity contribution in [1.29, 1.82) is 0 Å². The molecule has 0 aliphatic carbocycles. The van der Waals surface area contributed by atoms with E-state index in [9.17, 15) is 9.18 Å². The highest BCUT2D eigenvalue weighted by Crippen LogP contribution is 2.36. The molecule has 3 N–H and O–H groups in total. The summed E-state index contributed by atoms with van der Waals surface area (Å²) >= 11 is 1.67. The zero-order valence-electron chi connectivity index (χ0n) is 11.3. The van der Waals surface area contributed by atoms with E-state index in [2.05, 4.69) is 5.32 Å². The Kier molecular flexibility index (Phi) is 3.98. The van der Waals surface area contributed by atoms with Crippen LogP contribution in [0.25, 0.3) is 0 Å². The third kappa shape index (κ3) is 2.96. The molecule has 1 unspecified atom stereocenters. The normalized spacial score (nSPS) is 17.3. The molecule has 0 fully saturated rings. The second kappa shape index (κ2) is 5.91. The van der Waals surface area contributed by atoms with Gasteiger partial charge in [0.1, 0.15) is 11.6 Å². The van der Waals surface area contributed by atoms with Crippen LogP contribution in [0.4, 0.5) is 4.39 Å². The smallest absolute Gasteiger partial charge is 0.287 e. The quantitative estimate of drug-likeness (QED) is 0.915. The number of benzene rings is 1. The van der Waals surface area contributed by atoms with Crippen molar-refractivity contribution >= 4 is 17.7 Å².